The summed E-state index contributed by atoms with van der Waals surface area (Å²) >= 11 is 5.61. The van der Waals surface area contributed by atoms with Gasteiger partial charge in [-0.15, -0.1) is 12.4 Å². The van der Waals surface area contributed by atoms with E-state index in [-0.39, 0.29) is 17.8 Å². The monoisotopic (exact) mass is 222 g/mol. The molecular weight excluding hydrogens is 212 g/mol. The minimum absolute atomic E-state index is 0. The van der Waals surface area contributed by atoms with Gasteiger partial charge in [0.15, 0.2) is 0 Å². The molecule has 0 fully saturated rings. The average molecular weight is 223 g/mol. The van der Waals surface area contributed by atoms with Crippen molar-refractivity contribution in [3.63, 3.8) is 0 Å². The molecule has 0 saturated carbocycles. The molecule has 1 rings (SSSR count). The summed E-state index contributed by atoms with van der Waals surface area (Å²) in [7, 11) is 0. The fourth-order valence-corrected chi connectivity index (χ4v) is 1.50. The van der Waals surface area contributed by atoms with Crippen molar-refractivity contribution in [2.45, 2.75) is 10.4 Å². The summed E-state index contributed by atoms with van der Waals surface area (Å²) < 4.78 is 0. The second-order valence-electron chi connectivity index (χ2n) is 2.01. The quantitative estimate of drug-likeness (QED) is 0.466. The molecule has 0 radical (unpaired) electrons. The van der Waals surface area contributed by atoms with E-state index in [0.29, 0.717) is 5.75 Å². The molecule has 0 amide bonds. The zero-order valence-electron chi connectivity index (χ0n) is 6.38. The first-order valence-electron chi connectivity index (χ1n) is 3.27. The van der Waals surface area contributed by atoms with Gasteiger partial charge in [0.2, 0.25) is 0 Å². The Hall–Kier alpha value is 0.1000. The third-order valence-corrected chi connectivity index (χ3v) is 2.68. The van der Waals surface area contributed by atoms with E-state index in [0.717, 1.165) is 5.03 Å². The maximum Gasteiger partial charge on any atom is 0.0975 e. The second kappa shape index (κ2) is 6.60. The zero-order chi connectivity index (χ0) is 8.10. The van der Waals surface area contributed by atoms with Crippen LogP contribution in [0.15, 0.2) is 29.4 Å². The van der Waals surface area contributed by atoms with Crippen LogP contribution in [-0.2, 0) is 0 Å². The molecule has 2 nitrogen and oxygen atoms in total. The Morgan fingerprint density at radius 3 is 2.83 bits per heavy atom. The van der Waals surface area contributed by atoms with Crippen LogP contribution in [0.3, 0.4) is 0 Å². The lowest BCUT2D eigenvalue weighted by molar-refractivity contribution is 1.04. The van der Waals surface area contributed by atoms with Crippen LogP contribution in [0.4, 0.5) is 0 Å². The van der Waals surface area contributed by atoms with E-state index >= 15 is 0 Å². The van der Waals surface area contributed by atoms with Gasteiger partial charge < -0.3 is 5.73 Å². The molecular formula is C7H11ClN2S2. The summed E-state index contributed by atoms with van der Waals surface area (Å²) in [4.78, 5) is 4.12. The molecule has 1 aromatic heterocycles. The molecule has 12 heavy (non-hydrogen) atoms. The number of halogens is 1. The predicted octanol–water partition coefficient (Wildman–Crippen LogP) is 1.81. The molecule has 5 heteroatoms. The van der Waals surface area contributed by atoms with Gasteiger partial charge in [0.1, 0.15) is 0 Å². The van der Waals surface area contributed by atoms with E-state index in [1.807, 2.05) is 18.2 Å². The molecule has 0 aliphatic heterocycles. The van der Waals surface area contributed by atoms with E-state index in [9.17, 15) is 0 Å². The van der Waals surface area contributed by atoms with E-state index in [4.69, 9.17) is 5.73 Å². The van der Waals surface area contributed by atoms with Gasteiger partial charge in [-0.1, -0.05) is 17.8 Å². The fraction of sp³-hybridized carbons (Fsp3) is 0.286. The first kappa shape index (κ1) is 12.1. The number of thioether (sulfide) groups is 1. The van der Waals surface area contributed by atoms with Crippen molar-refractivity contribution in [2.24, 2.45) is 5.73 Å². The molecule has 0 unspecified atom stereocenters. The van der Waals surface area contributed by atoms with Crippen molar-refractivity contribution in [3.05, 3.63) is 24.4 Å². The van der Waals surface area contributed by atoms with Gasteiger partial charge >= 0.3 is 0 Å². The number of pyridine rings is 1. The van der Waals surface area contributed by atoms with Crippen molar-refractivity contribution in [3.8, 4) is 0 Å². The van der Waals surface area contributed by atoms with Crippen molar-refractivity contribution < 1.29 is 0 Å². The number of nitrogens with two attached hydrogens (primary N) is 1. The molecule has 0 aliphatic rings. The molecule has 0 aliphatic carbocycles. The van der Waals surface area contributed by atoms with Crippen molar-refractivity contribution in [2.75, 3.05) is 5.75 Å². The Labute approximate surface area is 88.2 Å². The first-order chi connectivity index (χ1) is 5.33. The van der Waals surface area contributed by atoms with Gasteiger partial charge in [-0.05, 0) is 12.1 Å². The minimum Gasteiger partial charge on any atom is -0.318 e. The Morgan fingerprint density at radius 1 is 1.58 bits per heavy atom. The first-order valence-corrected chi connectivity index (χ1v) is 4.78. The average Bonchev–Trinajstić information content (AvgIpc) is 2.06. The number of aromatic nitrogens is 1. The summed E-state index contributed by atoms with van der Waals surface area (Å²) in [5.41, 5.74) is 5.65. The highest BCUT2D eigenvalue weighted by Crippen LogP contribution is 2.17. The molecule has 1 heterocycles. The summed E-state index contributed by atoms with van der Waals surface area (Å²) in [5, 5.41) is 0.988. The number of nitrogens with zero attached hydrogens (tertiary/aromatic N) is 1. The van der Waals surface area contributed by atoms with Crippen LogP contribution in [-0.4, -0.2) is 16.1 Å². The Balaban J connectivity index is 0.00000121. The number of rotatable bonds is 3. The van der Waals surface area contributed by atoms with Gasteiger partial charge in [-0.2, -0.15) is 12.6 Å². The van der Waals surface area contributed by atoms with E-state index in [1.165, 1.54) is 11.8 Å². The van der Waals surface area contributed by atoms with E-state index < -0.39 is 0 Å². The van der Waals surface area contributed by atoms with E-state index in [2.05, 4.69) is 17.6 Å². The van der Waals surface area contributed by atoms with Gasteiger partial charge in [0.05, 0.1) is 10.4 Å². The van der Waals surface area contributed by atoms with Crippen LogP contribution in [0.25, 0.3) is 0 Å². The molecule has 0 saturated heterocycles. The highest BCUT2D eigenvalue weighted by Gasteiger charge is 2.01. The highest BCUT2D eigenvalue weighted by atomic mass is 35.5. The molecule has 1 aromatic rings. The van der Waals surface area contributed by atoms with Gasteiger partial charge in [-0.25, -0.2) is 4.98 Å². The topological polar surface area (TPSA) is 38.9 Å². The second-order valence-corrected chi connectivity index (χ2v) is 3.63. The molecule has 0 bridgehead atoms. The normalized spacial score (nSPS) is 11.8. The van der Waals surface area contributed by atoms with Gasteiger partial charge in [0.25, 0.3) is 0 Å². The summed E-state index contributed by atoms with van der Waals surface area (Å²) in [6.07, 6.45) is 1.76. The Bertz CT molecular complexity index is 208. The van der Waals surface area contributed by atoms with Crippen molar-refractivity contribution >= 4 is 36.8 Å². The van der Waals surface area contributed by atoms with Crippen molar-refractivity contribution in [1.29, 1.82) is 0 Å². The lowest BCUT2D eigenvalue weighted by Crippen LogP contribution is -2.16. The number of hydrogen-bond acceptors (Lipinski definition) is 4. The van der Waals surface area contributed by atoms with Gasteiger partial charge in [0, 0.05) is 11.9 Å². The lowest BCUT2D eigenvalue weighted by atomic mass is 10.5. The SMILES string of the molecule is Cl.N[C@H](CS)Sc1ccccn1. The molecule has 2 N–H and O–H groups in total. The highest BCUT2D eigenvalue weighted by molar-refractivity contribution is 8.00. The lowest BCUT2D eigenvalue weighted by Gasteiger charge is -2.05. The molecule has 0 spiro atoms. The van der Waals surface area contributed by atoms with E-state index in [1.54, 1.807) is 6.20 Å². The molecule has 1 atom stereocenters. The fourth-order valence-electron chi connectivity index (χ4n) is 0.609. The van der Waals surface area contributed by atoms with Crippen molar-refractivity contribution in [1.82, 2.24) is 4.98 Å². The molecule has 68 valence electrons. The molecule has 0 aromatic carbocycles. The maximum atomic E-state index is 5.65. The third-order valence-electron chi connectivity index (χ3n) is 1.09. The van der Waals surface area contributed by atoms with Crippen LogP contribution in [0.1, 0.15) is 0 Å². The maximum absolute atomic E-state index is 5.65. The van der Waals surface area contributed by atoms with Crippen LogP contribution in [0.5, 0.6) is 0 Å². The Morgan fingerprint density at radius 2 is 2.33 bits per heavy atom. The Kier molecular flexibility index (Phi) is 6.65. The van der Waals surface area contributed by atoms with Crippen LogP contribution in [0, 0.1) is 0 Å². The smallest absolute Gasteiger partial charge is 0.0975 e. The predicted molar refractivity (Wildman–Crippen MR) is 59.2 cm³/mol. The standard InChI is InChI=1S/C7H10N2S2.ClH/c8-6(5-10)11-7-3-1-2-4-9-7;/h1-4,6,10H,5,8H2;1H/t6-;/m0./s1. The number of thiol groups is 1. The van der Waals surface area contributed by atoms with Gasteiger partial charge in [-0.3, -0.25) is 0 Å². The van der Waals surface area contributed by atoms with Crippen LogP contribution >= 0.6 is 36.8 Å². The summed E-state index contributed by atoms with van der Waals surface area (Å²) in [5.74, 6) is 0.668. The minimum atomic E-state index is 0. The summed E-state index contributed by atoms with van der Waals surface area (Å²) in [6, 6.07) is 5.77. The number of hydrogen-bond donors (Lipinski definition) is 2. The zero-order valence-corrected chi connectivity index (χ0v) is 8.91. The summed E-state index contributed by atoms with van der Waals surface area (Å²) in [6.45, 7) is 0. The largest absolute Gasteiger partial charge is 0.318 e. The van der Waals surface area contributed by atoms with Crippen LogP contribution < -0.4 is 5.73 Å². The third kappa shape index (κ3) is 4.21. The van der Waals surface area contributed by atoms with Crippen LogP contribution in [0.2, 0.25) is 0 Å².